The Morgan fingerprint density at radius 3 is 2.83 bits per heavy atom. The molecule has 0 aliphatic carbocycles. The molecule has 1 aliphatic heterocycles. The maximum absolute atomic E-state index is 6.32. The van der Waals surface area contributed by atoms with Crippen LogP contribution in [0.25, 0.3) is 0 Å². The van der Waals surface area contributed by atoms with Gasteiger partial charge in [0.15, 0.2) is 11.5 Å². The number of tetrazole rings is 1. The van der Waals surface area contributed by atoms with E-state index in [0.29, 0.717) is 35.5 Å². The van der Waals surface area contributed by atoms with Gasteiger partial charge < -0.3 is 9.47 Å². The molecule has 8 heteroatoms. The summed E-state index contributed by atoms with van der Waals surface area (Å²) < 4.78 is 13.2. The molecule has 124 valence electrons. The van der Waals surface area contributed by atoms with Gasteiger partial charge >= 0.3 is 0 Å². The fourth-order valence-electron chi connectivity index (χ4n) is 2.21. The number of aromatic nitrogens is 4. The maximum atomic E-state index is 6.32. The molecule has 0 radical (unpaired) electrons. The van der Waals surface area contributed by atoms with Gasteiger partial charge in [0.2, 0.25) is 5.16 Å². The quantitative estimate of drug-likeness (QED) is 0.786. The lowest BCUT2D eigenvalue weighted by Gasteiger charge is -2.19. The zero-order chi connectivity index (χ0) is 16.4. The normalized spacial score (nSPS) is 14.6. The van der Waals surface area contributed by atoms with Crippen molar-refractivity contribution in [1.82, 2.24) is 20.2 Å². The fourth-order valence-corrected chi connectivity index (χ4v) is 3.48. The first-order valence-corrected chi connectivity index (χ1v) is 8.81. The third kappa shape index (κ3) is 3.72. The highest BCUT2D eigenvalue weighted by Gasteiger charge is 2.21. The van der Waals surface area contributed by atoms with Crippen molar-refractivity contribution in [2.75, 3.05) is 13.2 Å². The SMILES string of the molecule is CC(C)(C)n1nnnc1SCc1cc(Cl)c2c(c1)OCCCO2. The van der Waals surface area contributed by atoms with Crippen LogP contribution in [0.15, 0.2) is 17.3 Å². The van der Waals surface area contributed by atoms with Gasteiger partial charge in [-0.1, -0.05) is 23.4 Å². The van der Waals surface area contributed by atoms with Crippen LogP contribution in [-0.4, -0.2) is 33.4 Å². The van der Waals surface area contributed by atoms with Crippen LogP contribution in [0.4, 0.5) is 0 Å². The average molecular weight is 355 g/mol. The number of rotatable bonds is 3. The van der Waals surface area contributed by atoms with Crippen molar-refractivity contribution in [1.29, 1.82) is 0 Å². The van der Waals surface area contributed by atoms with Crippen molar-refractivity contribution in [2.45, 2.75) is 43.6 Å². The Morgan fingerprint density at radius 2 is 2.04 bits per heavy atom. The standard InChI is InChI=1S/C15H19ClN4O2S/c1-15(2,3)20-14(17-18-19-20)23-9-10-7-11(16)13-12(8-10)21-5-4-6-22-13/h7-8H,4-6,9H2,1-3H3. The van der Waals surface area contributed by atoms with E-state index in [2.05, 4.69) is 36.3 Å². The summed E-state index contributed by atoms with van der Waals surface area (Å²) in [7, 11) is 0. The second-order valence-corrected chi connectivity index (χ2v) is 7.64. The number of halogens is 1. The van der Waals surface area contributed by atoms with Gasteiger partial charge in [-0.2, -0.15) is 0 Å². The van der Waals surface area contributed by atoms with Crippen molar-refractivity contribution >= 4 is 23.4 Å². The molecule has 0 bridgehead atoms. The van der Waals surface area contributed by atoms with Crippen LogP contribution in [0.1, 0.15) is 32.8 Å². The minimum Gasteiger partial charge on any atom is -0.489 e. The number of ether oxygens (including phenoxy) is 2. The molecule has 1 aromatic carbocycles. The van der Waals surface area contributed by atoms with Gasteiger partial charge in [-0.3, -0.25) is 0 Å². The number of nitrogens with zero attached hydrogens (tertiary/aromatic N) is 4. The highest BCUT2D eigenvalue weighted by molar-refractivity contribution is 7.98. The molecule has 2 aromatic rings. The molecule has 6 nitrogen and oxygen atoms in total. The van der Waals surface area contributed by atoms with Crippen LogP contribution < -0.4 is 9.47 Å². The lowest BCUT2D eigenvalue weighted by Crippen LogP contribution is -2.24. The Balaban J connectivity index is 1.78. The molecule has 0 spiro atoms. The summed E-state index contributed by atoms with van der Waals surface area (Å²) in [5, 5.41) is 13.3. The van der Waals surface area contributed by atoms with Crippen LogP contribution in [0.5, 0.6) is 11.5 Å². The molecule has 0 saturated heterocycles. The largest absolute Gasteiger partial charge is 0.489 e. The summed E-state index contributed by atoms with van der Waals surface area (Å²) in [5.41, 5.74) is 0.890. The number of thioether (sulfide) groups is 1. The predicted octanol–water partition coefficient (Wildman–Crippen LogP) is 3.54. The van der Waals surface area contributed by atoms with E-state index in [9.17, 15) is 0 Å². The second kappa shape index (κ2) is 6.57. The first kappa shape index (κ1) is 16.4. The predicted molar refractivity (Wildman–Crippen MR) is 89.4 cm³/mol. The Labute approximate surface area is 144 Å². The van der Waals surface area contributed by atoms with E-state index in [-0.39, 0.29) is 5.54 Å². The third-order valence-electron chi connectivity index (χ3n) is 3.31. The highest BCUT2D eigenvalue weighted by atomic mass is 35.5. The Morgan fingerprint density at radius 1 is 1.26 bits per heavy atom. The molecule has 1 aliphatic rings. The van der Waals surface area contributed by atoms with Gasteiger partial charge in [0, 0.05) is 12.2 Å². The molecular weight excluding hydrogens is 336 g/mol. The number of hydrogen-bond donors (Lipinski definition) is 0. The third-order valence-corrected chi connectivity index (χ3v) is 4.58. The zero-order valence-corrected chi connectivity index (χ0v) is 14.9. The Hall–Kier alpha value is -1.47. The monoisotopic (exact) mass is 354 g/mol. The van der Waals surface area contributed by atoms with Crippen molar-refractivity contribution in [2.24, 2.45) is 0 Å². The first-order chi connectivity index (χ1) is 10.9. The summed E-state index contributed by atoms with van der Waals surface area (Å²) in [4.78, 5) is 0. The topological polar surface area (TPSA) is 62.1 Å². The van der Waals surface area contributed by atoms with E-state index in [1.54, 1.807) is 11.8 Å². The van der Waals surface area contributed by atoms with Gasteiger partial charge in [0.25, 0.3) is 0 Å². The van der Waals surface area contributed by atoms with Crippen LogP contribution in [0.2, 0.25) is 5.02 Å². The van der Waals surface area contributed by atoms with E-state index in [4.69, 9.17) is 21.1 Å². The van der Waals surface area contributed by atoms with E-state index in [1.807, 2.05) is 16.8 Å². The molecule has 23 heavy (non-hydrogen) atoms. The minimum absolute atomic E-state index is 0.159. The smallest absolute Gasteiger partial charge is 0.210 e. The summed E-state index contributed by atoms with van der Waals surface area (Å²) in [5.74, 6) is 2.05. The van der Waals surface area contributed by atoms with Crippen LogP contribution in [0.3, 0.4) is 0 Å². The minimum atomic E-state index is -0.159. The van der Waals surface area contributed by atoms with E-state index >= 15 is 0 Å². The summed E-state index contributed by atoms with van der Waals surface area (Å²) >= 11 is 7.89. The molecule has 0 fully saturated rings. The van der Waals surface area contributed by atoms with Crippen LogP contribution in [0, 0.1) is 0 Å². The lowest BCUT2D eigenvalue weighted by atomic mass is 10.1. The Bertz CT molecular complexity index is 699. The van der Waals surface area contributed by atoms with E-state index in [1.165, 1.54) is 0 Å². The first-order valence-electron chi connectivity index (χ1n) is 7.45. The zero-order valence-electron chi connectivity index (χ0n) is 13.4. The molecule has 2 heterocycles. The van der Waals surface area contributed by atoms with Crippen LogP contribution >= 0.6 is 23.4 Å². The average Bonchev–Trinajstić information content (AvgIpc) is 2.83. The number of benzene rings is 1. The fraction of sp³-hybridized carbons (Fsp3) is 0.533. The van der Waals surface area contributed by atoms with E-state index < -0.39 is 0 Å². The molecule has 0 N–H and O–H groups in total. The van der Waals surface area contributed by atoms with Crippen molar-refractivity contribution < 1.29 is 9.47 Å². The summed E-state index contributed by atoms with van der Waals surface area (Å²) in [6.07, 6.45) is 0.857. The molecule has 0 amide bonds. The molecule has 0 atom stereocenters. The van der Waals surface area contributed by atoms with E-state index in [0.717, 1.165) is 17.1 Å². The van der Waals surface area contributed by atoms with Gasteiger partial charge in [0.1, 0.15) is 0 Å². The molecule has 1 aromatic heterocycles. The van der Waals surface area contributed by atoms with Gasteiger partial charge in [-0.05, 0) is 48.9 Å². The summed E-state index contributed by atoms with van der Waals surface area (Å²) in [6, 6.07) is 3.89. The molecule has 0 unspecified atom stereocenters. The number of hydrogen-bond acceptors (Lipinski definition) is 6. The lowest BCUT2D eigenvalue weighted by molar-refractivity contribution is 0.297. The molecule has 3 rings (SSSR count). The second-order valence-electron chi connectivity index (χ2n) is 6.29. The maximum Gasteiger partial charge on any atom is 0.210 e. The van der Waals surface area contributed by atoms with Crippen molar-refractivity contribution in [3.8, 4) is 11.5 Å². The molecule has 0 saturated carbocycles. The summed E-state index contributed by atoms with van der Waals surface area (Å²) in [6.45, 7) is 7.47. The number of fused-ring (bicyclic) bond motifs is 1. The highest BCUT2D eigenvalue weighted by Crippen LogP contribution is 2.39. The van der Waals surface area contributed by atoms with Gasteiger partial charge in [-0.25, -0.2) is 4.68 Å². The van der Waals surface area contributed by atoms with Gasteiger partial charge in [-0.15, -0.1) is 5.10 Å². The Kier molecular flexibility index (Phi) is 4.68. The molecular formula is C15H19ClN4O2S. The van der Waals surface area contributed by atoms with Crippen molar-refractivity contribution in [3.05, 3.63) is 22.7 Å². The van der Waals surface area contributed by atoms with Gasteiger partial charge in [0.05, 0.1) is 23.8 Å². The van der Waals surface area contributed by atoms with Crippen molar-refractivity contribution in [3.63, 3.8) is 0 Å². The van der Waals surface area contributed by atoms with Crippen LogP contribution in [-0.2, 0) is 11.3 Å².